The van der Waals surface area contributed by atoms with E-state index in [2.05, 4.69) is 5.10 Å². The van der Waals surface area contributed by atoms with Crippen molar-refractivity contribution >= 4 is 5.69 Å². The van der Waals surface area contributed by atoms with Crippen molar-refractivity contribution in [3.05, 3.63) is 12.4 Å². The molecule has 1 rings (SSSR count). The van der Waals surface area contributed by atoms with Crippen LogP contribution in [0.3, 0.4) is 0 Å². The van der Waals surface area contributed by atoms with Gasteiger partial charge in [0.15, 0.2) is 5.69 Å². The minimum Gasteiger partial charge on any atom is -0.385 e. The highest BCUT2D eigenvalue weighted by molar-refractivity contribution is 5.18. The minimum atomic E-state index is 0.767. The first kappa shape index (κ1) is 10.2. The Labute approximate surface area is 77.6 Å². The highest BCUT2D eigenvalue weighted by atomic mass is 16.6. The molecular weight excluding hydrogens is 170 g/mol. The lowest BCUT2D eigenvalue weighted by atomic mass is 10.4. The number of rotatable bonds is 6. The highest BCUT2D eigenvalue weighted by Crippen LogP contribution is 1.97. The molecule has 0 saturated carbocycles. The molecule has 0 unspecified atom stereocenters. The first-order chi connectivity index (χ1) is 6.36. The van der Waals surface area contributed by atoms with E-state index in [0.29, 0.717) is 0 Å². The van der Waals surface area contributed by atoms with Crippen molar-refractivity contribution in [1.29, 1.82) is 0 Å². The number of aryl methyl sites for hydroxylation is 1. The number of methoxy groups -OCH3 is 1. The van der Waals surface area contributed by atoms with Crippen LogP contribution in [0.4, 0.5) is 5.69 Å². The summed E-state index contributed by atoms with van der Waals surface area (Å²) in [6.45, 7) is 1.65. The maximum absolute atomic E-state index is 4.94. The zero-order valence-corrected chi connectivity index (χ0v) is 8.06. The van der Waals surface area contributed by atoms with Crippen molar-refractivity contribution in [2.75, 3.05) is 20.8 Å². The summed E-state index contributed by atoms with van der Waals surface area (Å²) in [6.07, 6.45) is 4.69. The van der Waals surface area contributed by atoms with Gasteiger partial charge in [-0.1, -0.05) is 0 Å². The first-order valence-corrected chi connectivity index (χ1v) is 4.24. The van der Waals surface area contributed by atoms with E-state index in [-0.39, 0.29) is 0 Å². The van der Waals surface area contributed by atoms with Crippen molar-refractivity contribution < 1.29 is 15.1 Å². The number of hydrogen-bond acceptors (Lipinski definition) is 3. The fourth-order valence-electron chi connectivity index (χ4n) is 1.07. The maximum atomic E-state index is 4.94. The predicted octanol–water partition coefficient (Wildman–Crippen LogP) is -0.324. The molecule has 0 atom stereocenters. The van der Waals surface area contributed by atoms with Crippen molar-refractivity contribution in [3.8, 4) is 0 Å². The van der Waals surface area contributed by atoms with Crippen molar-refractivity contribution in [3.63, 3.8) is 0 Å². The summed E-state index contributed by atoms with van der Waals surface area (Å²) in [4.78, 5) is 4.86. The molecule has 2 N–H and O–H groups in total. The number of hydrogen-bond donors (Lipinski definition) is 1. The van der Waals surface area contributed by atoms with Crippen LogP contribution in [-0.2, 0) is 16.1 Å². The minimum absolute atomic E-state index is 0.767. The van der Waals surface area contributed by atoms with Crippen LogP contribution in [0.5, 0.6) is 0 Å². The van der Waals surface area contributed by atoms with E-state index in [1.54, 1.807) is 25.9 Å². The third-order valence-electron chi connectivity index (χ3n) is 1.64. The molecule has 0 amide bonds. The lowest BCUT2D eigenvalue weighted by Gasteiger charge is -1.98. The molecule has 13 heavy (non-hydrogen) atoms. The van der Waals surface area contributed by atoms with E-state index < -0.39 is 0 Å². The molecule has 0 bridgehead atoms. The molecule has 0 aliphatic rings. The molecule has 0 aliphatic heterocycles. The summed E-state index contributed by atoms with van der Waals surface area (Å²) in [7, 11) is 3.33. The summed E-state index contributed by atoms with van der Waals surface area (Å²) < 4.78 is 6.82. The van der Waals surface area contributed by atoms with Gasteiger partial charge >= 0.3 is 0 Å². The van der Waals surface area contributed by atoms with E-state index in [1.807, 2.05) is 10.9 Å². The Morgan fingerprint density at radius 3 is 3.08 bits per heavy atom. The maximum Gasteiger partial charge on any atom is 0.200 e. The summed E-state index contributed by atoms with van der Waals surface area (Å²) in [5.41, 5.74) is 2.65. The van der Waals surface area contributed by atoms with Gasteiger partial charge in [-0.15, -0.1) is 0 Å². The fourth-order valence-corrected chi connectivity index (χ4v) is 1.07. The average Bonchev–Trinajstić information content (AvgIpc) is 2.54. The Kier molecular flexibility index (Phi) is 4.45. The van der Waals surface area contributed by atoms with E-state index >= 15 is 0 Å². The smallest absolute Gasteiger partial charge is 0.200 e. The van der Waals surface area contributed by atoms with Gasteiger partial charge < -0.3 is 4.74 Å². The Morgan fingerprint density at radius 1 is 1.54 bits per heavy atom. The van der Waals surface area contributed by atoms with Crippen LogP contribution in [0.15, 0.2) is 12.4 Å². The normalized spacial score (nSPS) is 10.6. The molecule has 0 radical (unpaired) electrons. The highest BCUT2D eigenvalue weighted by Gasteiger charge is 2.00. The second-order valence-electron chi connectivity index (χ2n) is 2.74. The molecule has 74 valence electrons. The zero-order chi connectivity index (χ0) is 9.52. The fraction of sp³-hybridized carbons (Fsp3) is 0.625. The lowest BCUT2D eigenvalue weighted by molar-refractivity contribution is -0.830. The van der Waals surface area contributed by atoms with Crippen LogP contribution in [0, 0.1) is 0 Å². The Balaban J connectivity index is 2.31. The molecule has 0 aliphatic carbocycles. The topological polar surface area (TPSA) is 52.9 Å². The summed E-state index contributed by atoms with van der Waals surface area (Å²) in [6, 6.07) is 0. The van der Waals surface area contributed by atoms with E-state index in [1.165, 1.54) is 0 Å². The van der Waals surface area contributed by atoms with Crippen LogP contribution in [0.2, 0.25) is 0 Å². The van der Waals surface area contributed by atoms with Crippen LogP contribution < -0.4 is 5.48 Å². The van der Waals surface area contributed by atoms with Crippen molar-refractivity contribution in [2.45, 2.75) is 13.0 Å². The van der Waals surface area contributed by atoms with Gasteiger partial charge in [0.2, 0.25) is 0 Å². The van der Waals surface area contributed by atoms with Crippen LogP contribution in [0.25, 0.3) is 0 Å². The number of nitrogens with zero attached hydrogens (tertiary/aromatic N) is 2. The average molecular weight is 186 g/mol. The Morgan fingerprint density at radius 2 is 2.38 bits per heavy atom. The van der Waals surface area contributed by atoms with Crippen LogP contribution in [0.1, 0.15) is 6.42 Å². The monoisotopic (exact) mass is 186 g/mol. The molecular formula is C8H16N3O2+. The standard InChI is InChI=1S/C8H15N3O2/c1-12-5-3-4-11-7-8(6-9-11)10-13-2/h6-7,10H,3-5H2,1-2H3/p+1. The molecule has 5 heteroatoms. The Hall–Kier alpha value is -0.910. The zero-order valence-electron chi connectivity index (χ0n) is 8.06. The van der Waals surface area contributed by atoms with Gasteiger partial charge in [0.25, 0.3) is 0 Å². The largest absolute Gasteiger partial charge is 0.385 e. The molecule has 0 saturated heterocycles. The third kappa shape index (κ3) is 3.54. The summed E-state index contributed by atoms with van der Waals surface area (Å²) in [5, 5.41) is 4.16. The van der Waals surface area contributed by atoms with Gasteiger partial charge in [0.1, 0.15) is 6.20 Å². The van der Waals surface area contributed by atoms with Gasteiger partial charge in [-0.25, -0.2) is 4.84 Å². The number of ether oxygens (including phenoxy) is 1. The second kappa shape index (κ2) is 5.69. The predicted molar refractivity (Wildman–Crippen MR) is 47.3 cm³/mol. The first-order valence-electron chi connectivity index (χ1n) is 4.24. The molecule has 5 nitrogen and oxygen atoms in total. The number of nitrogens with two attached hydrogens (primary N) is 1. The van der Waals surface area contributed by atoms with Gasteiger partial charge in [-0.05, 0) is 6.42 Å². The van der Waals surface area contributed by atoms with Gasteiger partial charge in [-0.3, -0.25) is 4.68 Å². The molecule has 0 spiro atoms. The number of aromatic nitrogens is 2. The molecule has 0 fully saturated rings. The molecule has 1 aromatic rings. The summed E-state index contributed by atoms with van der Waals surface area (Å²) >= 11 is 0. The van der Waals surface area contributed by atoms with E-state index in [4.69, 9.17) is 9.57 Å². The van der Waals surface area contributed by atoms with Gasteiger partial charge in [0, 0.05) is 20.3 Å². The van der Waals surface area contributed by atoms with E-state index in [9.17, 15) is 0 Å². The quantitative estimate of drug-likeness (QED) is 0.489. The molecule has 1 aromatic heterocycles. The number of quaternary nitrogens is 1. The SMILES string of the molecule is COCCCn1cc([NH2+]OC)cn1. The van der Waals surface area contributed by atoms with Crippen LogP contribution in [-0.4, -0.2) is 30.6 Å². The second-order valence-corrected chi connectivity index (χ2v) is 2.74. The summed E-state index contributed by atoms with van der Waals surface area (Å²) in [5.74, 6) is 0. The Bertz CT molecular complexity index is 237. The van der Waals surface area contributed by atoms with Gasteiger partial charge in [0.05, 0.1) is 13.3 Å². The lowest BCUT2D eigenvalue weighted by Crippen LogP contribution is -2.75. The van der Waals surface area contributed by atoms with Crippen LogP contribution >= 0.6 is 0 Å². The third-order valence-corrected chi connectivity index (χ3v) is 1.64. The molecule has 1 heterocycles. The van der Waals surface area contributed by atoms with E-state index in [0.717, 1.165) is 25.3 Å². The molecule has 0 aromatic carbocycles. The van der Waals surface area contributed by atoms with Gasteiger partial charge in [-0.2, -0.15) is 10.6 Å². The van der Waals surface area contributed by atoms with Crippen molar-refractivity contribution in [1.82, 2.24) is 9.78 Å². The van der Waals surface area contributed by atoms with Crippen molar-refractivity contribution in [2.24, 2.45) is 0 Å².